The van der Waals surface area contributed by atoms with Crippen LogP contribution < -0.4 is 10.1 Å². The molecule has 0 bridgehead atoms. The van der Waals surface area contributed by atoms with E-state index in [1.54, 1.807) is 24.3 Å². The molecule has 1 amide bonds. The summed E-state index contributed by atoms with van der Waals surface area (Å²) < 4.78 is 18.2. The number of benzene rings is 2. The molecular weight excluding hydrogens is 337 g/mol. The average molecular weight is 354 g/mol. The van der Waals surface area contributed by atoms with Gasteiger partial charge in [0.05, 0.1) is 11.8 Å². The first-order chi connectivity index (χ1) is 11.0. The molecule has 2 aromatic rings. The summed E-state index contributed by atoms with van der Waals surface area (Å²) in [4.78, 5) is 13.0. The summed E-state index contributed by atoms with van der Waals surface area (Å²) in [6, 6.07) is 13.1. The van der Waals surface area contributed by atoms with Crippen molar-refractivity contribution in [3.05, 3.63) is 59.4 Å². The first-order valence-corrected chi connectivity index (χ1v) is 8.38. The van der Waals surface area contributed by atoms with Gasteiger partial charge in [0.2, 0.25) is 5.91 Å². The fraction of sp³-hybridized carbons (Fsp3) is 0.235. The number of ether oxygens (including phenoxy) is 1. The molecule has 2 aromatic carbocycles. The second kappa shape index (κ2) is 8.79. The van der Waals surface area contributed by atoms with Crippen LogP contribution in [0, 0.1) is 5.82 Å². The fourth-order valence-corrected chi connectivity index (χ4v) is 2.81. The Balaban J connectivity index is 1.69. The van der Waals surface area contributed by atoms with E-state index in [1.165, 1.54) is 23.9 Å². The number of hydrogen-bond donors (Lipinski definition) is 1. The van der Waals surface area contributed by atoms with Gasteiger partial charge in [-0.15, -0.1) is 11.8 Å². The van der Waals surface area contributed by atoms with Crippen LogP contribution in [0.5, 0.6) is 5.75 Å². The Labute approximate surface area is 144 Å². The Morgan fingerprint density at radius 3 is 2.52 bits per heavy atom. The molecule has 0 radical (unpaired) electrons. The van der Waals surface area contributed by atoms with Crippen molar-refractivity contribution in [3.8, 4) is 5.75 Å². The van der Waals surface area contributed by atoms with Crippen LogP contribution in [-0.2, 0) is 4.79 Å². The molecule has 23 heavy (non-hydrogen) atoms. The van der Waals surface area contributed by atoms with Crippen molar-refractivity contribution in [3.63, 3.8) is 0 Å². The zero-order chi connectivity index (χ0) is 16.7. The van der Waals surface area contributed by atoms with Gasteiger partial charge < -0.3 is 10.1 Å². The molecule has 1 unspecified atom stereocenters. The summed E-state index contributed by atoms with van der Waals surface area (Å²) in [5.74, 6) is 0.204. The van der Waals surface area contributed by atoms with Gasteiger partial charge in [-0.1, -0.05) is 11.6 Å². The number of carbonyl (C=O) groups is 1. The summed E-state index contributed by atoms with van der Waals surface area (Å²) in [5.41, 5.74) is 0. The van der Waals surface area contributed by atoms with Gasteiger partial charge in [0, 0.05) is 9.92 Å². The van der Waals surface area contributed by atoms with E-state index >= 15 is 0 Å². The zero-order valence-electron chi connectivity index (χ0n) is 12.6. The lowest BCUT2D eigenvalue weighted by atomic mass is 10.3. The van der Waals surface area contributed by atoms with Crippen LogP contribution in [0.1, 0.15) is 6.92 Å². The first-order valence-electron chi connectivity index (χ1n) is 7.13. The number of thioether (sulfide) groups is 1. The molecule has 0 spiro atoms. The Bertz CT molecular complexity index is 634. The summed E-state index contributed by atoms with van der Waals surface area (Å²) >= 11 is 7.29. The minimum absolute atomic E-state index is 0.0624. The summed E-state index contributed by atoms with van der Waals surface area (Å²) in [5, 5.41) is 3.26. The lowest BCUT2D eigenvalue weighted by Gasteiger charge is -2.12. The minimum Gasteiger partial charge on any atom is -0.492 e. The minimum atomic E-state index is -0.307. The molecular formula is C17H17ClFNO2S. The van der Waals surface area contributed by atoms with Crippen LogP contribution >= 0.6 is 23.4 Å². The van der Waals surface area contributed by atoms with Gasteiger partial charge in [0.15, 0.2) is 0 Å². The molecule has 3 nitrogen and oxygen atoms in total. The van der Waals surface area contributed by atoms with E-state index in [0.29, 0.717) is 23.9 Å². The highest BCUT2D eigenvalue weighted by molar-refractivity contribution is 8.00. The number of amides is 1. The van der Waals surface area contributed by atoms with Crippen LogP contribution in [0.4, 0.5) is 4.39 Å². The molecule has 122 valence electrons. The molecule has 2 rings (SSSR count). The van der Waals surface area contributed by atoms with Crippen LogP contribution in [0.15, 0.2) is 53.4 Å². The van der Waals surface area contributed by atoms with Crippen molar-refractivity contribution in [1.29, 1.82) is 0 Å². The van der Waals surface area contributed by atoms with Crippen molar-refractivity contribution in [1.82, 2.24) is 5.32 Å². The van der Waals surface area contributed by atoms with E-state index in [2.05, 4.69) is 5.32 Å². The Morgan fingerprint density at radius 2 is 1.87 bits per heavy atom. The third-order valence-electron chi connectivity index (χ3n) is 2.98. The molecule has 0 aliphatic rings. The standard InChI is InChI=1S/C17H17ClFNO2S/c1-12(23-16-8-2-13(18)3-9-16)17(21)20-10-11-22-15-6-4-14(19)5-7-15/h2-9,12H,10-11H2,1H3,(H,20,21). The van der Waals surface area contributed by atoms with Crippen molar-refractivity contribution in [2.24, 2.45) is 0 Å². The van der Waals surface area contributed by atoms with Gasteiger partial charge in [0.25, 0.3) is 0 Å². The predicted octanol–water partition coefficient (Wildman–Crippen LogP) is 4.15. The van der Waals surface area contributed by atoms with Crippen LogP contribution in [0.2, 0.25) is 5.02 Å². The largest absolute Gasteiger partial charge is 0.492 e. The van der Waals surface area contributed by atoms with Gasteiger partial charge in [-0.2, -0.15) is 0 Å². The van der Waals surface area contributed by atoms with Gasteiger partial charge in [-0.25, -0.2) is 4.39 Å². The molecule has 1 atom stereocenters. The summed E-state index contributed by atoms with van der Waals surface area (Å²) in [6.45, 7) is 2.56. The highest BCUT2D eigenvalue weighted by atomic mass is 35.5. The highest BCUT2D eigenvalue weighted by Gasteiger charge is 2.13. The molecule has 0 heterocycles. The molecule has 0 saturated heterocycles. The maximum Gasteiger partial charge on any atom is 0.233 e. The lowest BCUT2D eigenvalue weighted by Crippen LogP contribution is -2.33. The molecule has 6 heteroatoms. The molecule has 0 saturated carbocycles. The average Bonchev–Trinajstić information content (AvgIpc) is 2.55. The maximum atomic E-state index is 12.7. The third-order valence-corrected chi connectivity index (χ3v) is 4.34. The second-order valence-electron chi connectivity index (χ2n) is 4.81. The van der Waals surface area contributed by atoms with E-state index in [1.807, 2.05) is 19.1 Å². The van der Waals surface area contributed by atoms with E-state index in [-0.39, 0.29) is 17.0 Å². The number of halogens is 2. The quantitative estimate of drug-likeness (QED) is 0.600. The molecule has 0 aliphatic carbocycles. The molecule has 0 aromatic heterocycles. The number of carbonyl (C=O) groups excluding carboxylic acids is 1. The smallest absolute Gasteiger partial charge is 0.233 e. The van der Waals surface area contributed by atoms with Gasteiger partial charge >= 0.3 is 0 Å². The maximum absolute atomic E-state index is 12.7. The first kappa shape index (κ1) is 17.6. The van der Waals surface area contributed by atoms with Crippen molar-refractivity contribution < 1.29 is 13.9 Å². The zero-order valence-corrected chi connectivity index (χ0v) is 14.2. The van der Waals surface area contributed by atoms with Gasteiger partial charge in [0.1, 0.15) is 18.2 Å². The van der Waals surface area contributed by atoms with E-state index in [9.17, 15) is 9.18 Å². The van der Waals surface area contributed by atoms with E-state index in [4.69, 9.17) is 16.3 Å². The monoisotopic (exact) mass is 353 g/mol. The van der Waals surface area contributed by atoms with Crippen LogP contribution in [0.25, 0.3) is 0 Å². The number of nitrogens with one attached hydrogen (secondary N) is 1. The third kappa shape index (κ3) is 6.12. The van der Waals surface area contributed by atoms with Crippen molar-refractivity contribution >= 4 is 29.3 Å². The predicted molar refractivity (Wildman–Crippen MR) is 91.7 cm³/mol. The molecule has 0 fully saturated rings. The summed E-state index contributed by atoms with van der Waals surface area (Å²) in [7, 11) is 0. The topological polar surface area (TPSA) is 38.3 Å². The van der Waals surface area contributed by atoms with Crippen LogP contribution in [0.3, 0.4) is 0 Å². The summed E-state index contributed by atoms with van der Waals surface area (Å²) in [6.07, 6.45) is 0. The molecule has 1 N–H and O–H groups in total. The fourth-order valence-electron chi connectivity index (χ4n) is 1.79. The highest BCUT2D eigenvalue weighted by Crippen LogP contribution is 2.24. The van der Waals surface area contributed by atoms with E-state index < -0.39 is 0 Å². The van der Waals surface area contributed by atoms with Crippen molar-refractivity contribution in [2.75, 3.05) is 13.2 Å². The second-order valence-corrected chi connectivity index (χ2v) is 6.66. The Hall–Kier alpha value is -1.72. The number of rotatable bonds is 7. The number of hydrogen-bond acceptors (Lipinski definition) is 3. The van der Waals surface area contributed by atoms with Crippen molar-refractivity contribution in [2.45, 2.75) is 17.1 Å². The SMILES string of the molecule is CC(Sc1ccc(Cl)cc1)C(=O)NCCOc1ccc(F)cc1. The van der Waals surface area contributed by atoms with Gasteiger partial charge in [-0.3, -0.25) is 4.79 Å². The van der Waals surface area contributed by atoms with E-state index in [0.717, 1.165) is 4.90 Å². The Morgan fingerprint density at radius 1 is 1.22 bits per heavy atom. The van der Waals surface area contributed by atoms with Crippen LogP contribution in [-0.4, -0.2) is 24.3 Å². The Kier molecular flexibility index (Phi) is 6.74. The molecule has 0 aliphatic heterocycles. The lowest BCUT2D eigenvalue weighted by molar-refractivity contribution is -0.120. The van der Waals surface area contributed by atoms with Gasteiger partial charge in [-0.05, 0) is 55.5 Å². The normalized spacial score (nSPS) is 11.8.